The third kappa shape index (κ3) is 2.96. The van der Waals surface area contributed by atoms with Crippen LogP contribution in [0.2, 0.25) is 0 Å². The maximum atomic E-state index is 11.6. The third-order valence-corrected chi connectivity index (χ3v) is 3.87. The quantitative estimate of drug-likeness (QED) is 0.729. The first kappa shape index (κ1) is 12.6. The van der Waals surface area contributed by atoms with Crippen LogP contribution in [0.15, 0.2) is 4.79 Å². The van der Waals surface area contributed by atoms with Crippen molar-refractivity contribution in [3.63, 3.8) is 0 Å². The van der Waals surface area contributed by atoms with E-state index < -0.39 is 0 Å². The van der Waals surface area contributed by atoms with E-state index in [0.29, 0.717) is 5.92 Å². The van der Waals surface area contributed by atoms with Crippen LogP contribution >= 0.6 is 0 Å². The molecule has 19 heavy (non-hydrogen) atoms. The number of anilines is 1. The molecule has 0 radical (unpaired) electrons. The van der Waals surface area contributed by atoms with Gasteiger partial charge in [0.25, 0.3) is 0 Å². The number of aromatic amines is 1. The Labute approximate surface area is 112 Å². The summed E-state index contributed by atoms with van der Waals surface area (Å²) in [7, 11) is 0. The summed E-state index contributed by atoms with van der Waals surface area (Å²) in [5.41, 5.74) is 1.88. The van der Waals surface area contributed by atoms with Crippen LogP contribution in [0.3, 0.4) is 0 Å². The summed E-state index contributed by atoms with van der Waals surface area (Å²) < 4.78 is 5.35. The second-order valence-electron chi connectivity index (χ2n) is 5.21. The highest BCUT2D eigenvalue weighted by molar-refractivity contribution is 5.46. The molecule has 3 heterocycles. The number of fused-ring (bicyclic) bond motifs is 1. The van der Waals surface area contributed by atoms with Crippen LogP contribution in [0, 0.1) is 5.92 Å². The Morgan fingerprint density at radius 2 is 2.21 bits per heavy atom. The van der Waals surface area contributed by atoms with Crippen LogP contribution in [0.25, 0.3) is 0 Å². The molecule has 1 fully saturated rings. The van der Waals surface area contributed by atoms with Crippen LogP contribution in [0.5, 0.6) is 0 Å². The van der Waals surface area contributed by atoms with Gasteiger partial charge in [-0.15, -0.1) is 0 Å². The van der Waals surface area contributed by atoms with Gasteiger partial charge in [-0.25, -0.2) is 4.79 Å². The molecule has 1 aromatic rings. The summed E-state index contributed by atoms with van der Waals surface area (Å²) in [4.78, 5) is 18.5. The number of hydrogen-bond acceptors (Lipinski definition) is 5. The van der Waals surface area contributed by atoms with E-state index in [1.165, 1.54) is 0 Å². The molecule has 0 atom stereocenters. The van der Waals surface area contributed by atoms with Crippen molar-refractivity contribution in [1.29, 1.82) is 0 Å². The van der Waals surface area contributed by atoms with Gasteiger partial charge in [-0.1, -0.05) is 0 Å². The molecule has 3 N–H and O–H groups in total. The van der Waals surface area contributed by atoms with Gasteiger partial charge in [0.05, 0.1) is 0 Å². The zero-order valence-electron chi connectivity index (χ0n) is 11.0. The molecule has 0 spiro atoms. The zero-order valence-corrected chi connectivity index (χ0v) is 11.0. The van der Waals surface area contributed by atoms with Gasteiger partial charge < -0.3 is 20.4 Å². The van der Waals surface area contributed by atoms with Gasteiger partial charge >= 0.3 is 5.69 Å². The maximum absolute atomic E-state index is 11.6. The lowest BCUT2D eigenvalue weighted by molar-refractivity contribution is 0.0699. The standard InChI is InChI=1S/C13H20N4O2/c18-13-16-11-1-4-14-8-10(11)12(17-13)15-7-9-2-5-19-6-3-9/h9,14H,1-8H2,(H2,15,16,17,18). The van der Waals surface area contributed by atoms with Crippen LogP contribution in [0.1, 0.15) is 24.1 Å². The number of nitrogens with zero attached hydrogens (tertiary/aromatic N) is 1. The fourth-order valence-corrected chi connectivity index (χ4v) is 2.71. The SMILES string of the molecule is O=c1nc(NCC2CCOCC2)c2c([nH]1)CCNC2. The van der Waals surface area contributed by atoms with Gasteiger partial charge in [-0.2, -0.15) is 4.98 Å². The molecule has 1 saturated heterocycles. The van der Waals surface area contributed by atoms with E-state index in [1.807, 2.05) is 0 Å². The van der Waals surface area contributed by atoms with Crippen molar-refractivity contribution in [3.05, 3.63) is 21.7 Å². The van der Waals surface area contributed by atoms with E-state index in [-0.39, 0.29) is 5.69 Å². The molecule has 0 bridgehead atoms. The lowest BCUT2D eigenvalue weighted by Crippen LogP contribution is -2.31. The van der Waals surface area contributed by atoms with Crippen molar-refractivity contribution in [3.8, 4) is 0 Å². The second kappa shape index (κ2) is 5.71. The molecular weight excluding hydrogens is 244 g/mol. The zero-order chi connectivity index (χ0) is 13.1. The Hall–Kier alpha value is -1.40. The van der Waals surface area contributed by atoms with E-state index in [4.69, 9.17) is 4.74 Å². The van der Waals surface area contributed by atoms with Gasteiger partial charge in [0.15, 0.2) is 0 Å². The van der Waals surface area contributed by atoms with Gasteiger partial charge in [0.2, 0.25) is 0 Å². The van der Waals surface area contributed by atoms with E-state index in [9.17, 15) is 4.79 Å². The second-order valence-corrected chi connectivity index (χ2v) is 5.21. The lowest BCUT2D eigenvalue weighted by Gasteiger charge is -2.24. The van der Waals surface area contributed by atoms with Crippen molar-refractivity contribution >= 4 is 5.82 Å². The van der Waals surface area contributed by atoms with Crippen LogP contribution < -0.4 is 16.3 Å². The highest BCUT2D eigenvalue weighted by atomic mass is 16.5. The summed E-state index contributed by atoms with van der Waals surface area (Å²) in [6.45, 7) is 4.23. The first-order chi connectivity index (χ1) is 9.33. The Kier molecular flexibility index (Phi) is 3.79. The molecule has 0 aliphatic carbocycles. The normalized spacial score (nSPS) is 20.0. The monoisotopic (exact) mass is 264 g/mol. The minimum Gasteiger partial charge on any atom is -0.381 e. The molecule has 6 nitrogen and oxygen atoms in total. The van der Waals surface area contributed by atoms with Gasteiger partial charge in [0.1, 0.15) is 5.82 Å². The van der Waals surface area contributed by atoms with Crippen molar-refractivity contribution in [2.24, 2.45) is 5.92 Å². The minimum absolute atomic E-state index is 0.255. The molecule has 104 valence electrons. The molecular formula is C13H20N4O2. The Morgan fingerprint density at radius 3 is 3.05 bits per heavy atom. The van der Waals surface area contributed by atoms with Crippen LogP contribution in [-0.4, -0.2) is 36.3 Å². The Balaban J connectivity index is 1.72. The van der Waals surface area contributed by atoms with E-state index in [1.54, 1.807) is 0 Å². The number of rotatable bonds is 3. The molecule has 2 aliphatic rings. The summed E-state index contributed by atoms with van der Waals surface area (Å²) in [5.74, 6) is 1.36. The van der Waals surface area contributed by atoms with Crippen molar-refractivity contribution in [1.82, 2.24) is 15.3 Å². The first-order valence-corrected chi connectivity index (χ1v) is 6.97. The van der Waals surface area contributed by atoms with Gasteiger partial charge in [-0.3, -0.25) is 0 Å². The first-order valence-electron chi connectivity index (χ1n) is 6.97. The van der Waals surface area contributed by atoms with E-state index in [0.717, 1.165) is 69.2 Å². The fraction of sp³-hybridized carbons (Fsp3) is 0.692. The topological polar surface area (TPSA) is 79.0 Å². The molecule has 2 aliphatic heterocycles. The van der Waals surface area contributed by atoms with Crippen molar-refractivity contribution in [2.75, 3.05) is 31.6 Å². The van der Waals surface area contributed by atoms with Crippen LogP contribution in [0.4, 0.5) is 5.82 Å². The molecule has 1 aromatic heterocycles. The Morgan fingerprint density at radius 1 is 1.37 bits per heavy atom. The number of aromatic nitrogens is 2. The Bertz CT molecular complexity index is 494. The predicted molar refractivity (Wildman–Crippen MR) is 72.3 cm³/mol. The third-order valence-electron chi connectivity index (χ3n) is 3.87. The van der Waals surface area contributed by atoms with Crippen molar-refractivity contribution < 1.29 is 4.74 Å². The highest BCUT2D eigenvalue weighted by Gasteiger charge is 2.18. The van der Waals surface area contributed by atoms with E-state index in [2.05, 4.69) is 20.6 Å². The summed E-state index contributed by atoms with van der Waals surface area (Å²) in [5, 5.41) is 6.67. The number of hydrogen-bond donors (Lipinski definition) is 3. The summed E-state index contributed by atoms with van der Waals surface area (Å²) >= 11 is 0. The molecule has 6 heteroatoms. The molecule has 0 amide bonds. The summed E-state index contributed by atoms with van der Waals surface area (Å²) in [6, 6.07) is 0. The maximum Gasteiger partial charge on any atom is 0.347 e. The largest absolute Gasteiger partial charge is 0.381 e. The predicted octanol–water partition coefficient (Wildman–Crippen LogP) is 0.254. The highest BCUT2D eigenvalue weighted by Crippen LogP contribution is 2.19. The van der Waals surface area contributed by atoms with Crippen LogP contribution in [-0.2, 0) is 17.7 Å². The smallest absolute Gasteiger partial charge is 0.347 e. The molecule has 3 rings (SSSR count). The molecule has 0 aromatic carbocycles. The number of ether oxygens (including phenoxy) is 1. The van der Waals surface area contributed by atoms with E-state index >= 15 is 0 Å². The number of nitrogens with one attached hydrogen (secondary N) is 3. The van der Waals surface area contributed by atoms with Gasteiger partial charge in [-0.05, 0) is 18.8 Å². The average Bonchev–Trinajstić information content (AvgIpc) is 2.45. The fourth-order valence-electron chi connectivity index (χ4n) is 2.71. The average molecular weight is 264 g/mol. The number of H-pyrrole nitrogens is 1. The summed E-state index contributed by atoms with van der Waals surface area (Å²) in [6.07, 6.45) is 3.02. The minimum atomic E-state index is -0.255. The molecule has 0 unspecified atom stereocenters. The lowest BCUT2D eigenvalue weighted by atomic mass is 10.0. The molecule has 0 saturated carbocycles. The van der Waals surface area contributed by atoms with Crippen molar-refractivity contribution in [2.45, 2.75) is 25.8 Å². The van der Waals surface area contributed by atoms with Gasteiger partial charge in [0, 0.05) is 50.5 Å².